The number of hydrogen-bond acceptors (Lipinski definition) is 1. The van der Waals surface area contributed by atoms with E-state index in [1.165, 1.54) is 100 Å². The maximum Gasteiger partial charge on any atom is 0.200 e. The molecule has 0 aliphatic rings. The molecule has 0 aliphatic carbocycles. The first-order valence-electron chi connectivity index (χ1n) is 13.7. The molecule has 0 atom stereocenters. The van der Waals surface area contributed by atoms with E-state index in [-0.39, 0.29) is 5.75 Å². The molecule has 3 aromatic carbocycles. The zero-order chi connectivity index (χ0) is 23.8. The van der Waals surface area contributed by atoms with E-state index in [0.29, 0.717) is 0 Å². The third-order valence-corrected chi connectivity index (χ3v) is 8.00. The molecule has 1 radical (unpaired) electrons. The van der Waals surface area contributed by atoms with Crippen molar-refractivity contribution in [2.24, 2.45) is 0 Å². The molecule has 0 aromatic heterocycles. The predicted molar refractivity (Wildman–Crippen MR) is 149 cm³/mol. The van der Waals surface area contributed by atoms with Crippen molar-refractivity contribution >= 4 is 22.5 Å². The Morgan fingerprint density at radius 3 is 1.79 bits per heavy atom. The Hall–Kier alpha value is -1.93. The first-order chi connectivity index (χ1) is 16.8. The molecule has 0 saturated heterocycles. The highest BCUT2D eigenvalue weighted by Crippen LogP contribution is 2.40. The van der Waals surface area contributed by atoms with E-state index < -0.39 is 0 Å². The molecule has 0 heterocycles. The fourth-order valence-corrected chi connectivity index (χ4v) is 5.77. The van der Waals surface area contributed by atoms with Crippen molar-refractivity contribution in [3.05, 3.63) is 66.2 Å². The lowest BCUT2D eigenvalue weighted by Gasteiger charge is -2.11. The zero-order valence-corrected chi connectivity index (χ0v) is 22.0. The summed E-state index contributed by atoms with van der Waals surface area (Å²) in [5.41, 5.74) is 1.37. The maximum absolute atomic E-state index is 12.9. The van der Waals surface area contributed by atoms with Gasteiger partial charge in [-0.15, -0.1) is 0 Å². The van der Waals surface area contributed by atoms with Crippen LogP contribution in [0.1, 0.15) is 102 Å². The Morgan fingerprint density at radius 2 is 1.12 bits per heavy atom. The van der Waals surface area contributed by atoms with Gasteiger partial charge < -0.3 is 0 Å². The van der Waals surface area contributed by atoms with E-state index in [1.54, 1.807) is 11.8 Å². The summed E-state index contributed by atoms with van der Waals surface area (Å²) in [4.78, 5) is 2.05. The van der Waals surface area contributed by atoms with Crippen LogP contribution in [0.25, 0.3) is 10.8 Å². The Bertz CT molecular complexity index is 964. The van der Waals surface area contributed by atoms with Crippen LogP contribution in [0.2, 0.25) is 0 Å². The molecule has 0 amide bonds. The van der Waals surface area contributed by atoms with Crippen molar-refractivity contribution in [3.63, 3.8) is 0 Å². The van der Waals surface area contributed by atoms with Crippen LogP contribution in [0.15, 0.2) is 70.5 Å². The third-order valence-electron chi connectivity index (χ3n) is 6.84. The van der Waals surface area contributed by atoms with Gasteiger partial charge in [-0.3, -0.25) is 5.11 Å². The van der Waals surface area contributed by atoms with Crippen LogP contribution in [0, 0.1) is 0 Å². The molecule has 0 fully saturated rings. The molecule has 0 aliphatic heterocycles. The fraction of sp³-hybridized carbons (Fsp3) is 0.500. The minimum absolute atomic E-state index is 0.148. The van der Waals surface area contributed by atoms with Crippen molar-refractivity contribution in [2.75, 3.05) is 0 Å². The van der Waals surface area contributed by atoms with Crippen molar-refractivity contribution in [1.82, 2.24) is 0 Å². The molecule has 0 spiro atoms. The lowest BCUT2D eigenvalue weighted by molar-refractivity contribution is 0.350. The molecule has 34 heavy (non-hydrogen) atoms. The summed E-state index contributed by atoms with van der Waals surface area (Å²) in [5, 5.41) is 14.8. The van der Waals surface area contributed by atoms with Crippen molar-refractivity contribution in [3.8, 4) is 5.75 Å². The van der Waals surface area contributed by atoms with Crippen LogP contribution < -0.4 is 0 Å². The molecule has 0 unspecified atom stereocenters. The standard InChI is InChI=1S/C32H43OS/c1-2-3-4-5-6-7-8-9-10-11-12-13-14-15-21-28-22-17-19-24-30(28)34-31-26-25-27-20-16-18-23-29(27)32(31)33/h16-20,22-26H,2-15,21H2,1H3. The summed E-state index contributed by atoms with van der Waals surface area (Å²) in [6, 6.07) is 20.5. The summed E-state index contributed by atoms with van der Waals surface area (Å²) in [6.45, 7) is 2.29. The molecule has 1 nitrogen and oxygen atoms in total. The predicted octanol–water partition coefficient (Wildman–Crippen LogP) is 11.2. The normalized spacial score (nSPS) is 11.3. The molecule has 0 saturated carbocycles. The number of fused-ring (bicyclic) bond motifs is 1. The van der Waals surface area contributed by atoms with E-state index in [2.05, 4.69) is 37.3 Å². The zero-order valence-electron chi connectivity index (χ0n) is 21.2. The van der Waals surface area contributed by atoms with E-state index in [0.717, 1.165) is 22.1 Å². The van der Waals surface area contributed by atoms with Gasteiger partial charge in [0.05, 0.1) is 4.90 Å². The van der Waals surface area contributed by atoms with E-state index in [1.807, 2.05) is 30.3 Å². The van der Waals surface area contributed by atoms with Crippen LogP contribution in [-0.4, -0.2) is 0 Å². The van der Waals surface area contributed by atoms with Gasteiger partial charge in [0, 0.05) is 10.3 Å². The molecule has 2 heteroatoms. The highest BCUT2D eigenvalue weighted by molar-refractivity contribution is 7.99. The second-order valence-corrected chi connectivity index (χ2v) is 10.8. The van der Waals surface area contributed by atoms with Crippen molar-refractivity contribution in [2.45, 2.75) is 113 Å². The SMILES string of the molecule is CCCCCCCCCCCCCCCCc1ccccc1Sc1ccc2ccccc2c1[O]. The average Bonchev–Trinajstić information content (AvgIpc) is 2.87. The maximum atomic E-state index is 12.9. The van der Waals surface area contributed by atoms with Crippen molar-refractivity contribution < 1.29 is 5.11 Å². The molecule has 183 valence electrons. The van der Waals surface area contributed by atoms with E-state index >= 15 is 0 Å². The molecular weight excluding hydrogens is 432 g/mol. The monoisotopic (exact) mass is 475 g/mol. The van der Waals surface area contributed by atoms with Crippen LogP contribution in [0.5, 0.6) is 5.75 Å². The largest absolute Gasteiger partial charge is 0.288 e. The first-order valence-corrected chi connectivity index (χ1v) is 14.6. The summed E-state index contributed by atoms with van der Waals surface area (Å²) < 4.78 is 0. The summed E-state index contributed by atoms with van der Waals surface area (Å²) >= 11 is 1.63. The van der Waals surface area contributed by atoms with Crippen molar-refractivity contribution in [1.29, 1.82) is 0 Å². The Balaban J connectivity index is 1.32. The molecule has 3 rings (SSSR count). The van der Waals surface area contributed by atoms with E-state index in [4.69, 9.17) is 0 Å². The number of aryl methyl sites for hydroxylation is 1. The minimum Gasteiger partial charge on any atom is -0.288 e. The first kappa shape index (κ1) is 26.7. The topological polar surface area (TPSA) is 19.9 Å². The lowest BCUT2D eigenvalue weighted by Crippen LogP contribution is -1.90. The highest BCUT2D eigenvalue weighted by atomic mass is 32.2. The number of benzene rings is 3. The number of hydrogen-bond donors (Lipinski definition) is 0. The number of unbranched alkanes of at least 4 members (excludes halogenated alkanes) is 13. The van der Waals surface area contributed by atoms with Gasteiger partial charge in [-0.1, -0.05) is 151 Å². The number of rotatable bonds is 17. The molecule has 3 aromatic rings. The fourth-order valence-electron chi connectivity index (χ4n) is 4.74. The van der Waals surface area contributed by atoms with Gasteiger partial charge in [0.2, 0.25) is 0 Å². The van der Waals surface area contributed by atoms with Crippen LogP contribution in [0.4, 0.5) is 0 Å². The Labute approximate surface area is 212 Å². The summed E-state index contributed by atoms with van der Waals surface area (Å²) in [5.74, 6) is 0.148. The van der Waals surface area contributed by atoms with Gasteiger partial charge >= 0.3 is 0 Å². The van der Waals surface area contributed by atoms with Gasteiger partial charge in [-0.25, -0.2) is 0 Å². The van der Waals surface area contributed by atoms with Crippen LogP contribution in [-0.2, 0) is 11.5 Å². The second kappa shape index (κ2) is 15.9. The third kappa shape index (κ3) is 9.02. The lowest BCUT2D eigenvalue weighted by atomic mass is 10.0. The van der Waals surface area contributed by atoms with Crippen LogP contribution >= 0.6 is 11.8 Å². The van der Waals surface area contributed by atoms with Gasteiger partial charge in [0.25, 0.3) is 0 Å². The summed E-state index contributed by atoms with van der Waals surface area (Å²) in [7, 11) is 0. The van der Waals surface area contributed by atoms with Crippen LogP contribution in [0.3, 0.4) is 0 Å². The minimum atomic E-state index is 0.148. The summed E-state index contributed by atoms with van der Waals surface area (Å²) in [6.07, 6.45) is 20.6. The Kier molecular flexibility index (Phi) is 12.5. The second-order valence-electron chi connectivity index (χ2n) is 9.67. The average molecular weight is 476 g/mol. The smallest absolute Gasteiger partial charge is 0.200 e. The Morgan fingerprint density at radius 1 is 0.559 bits per heavy atom. The van der Waals surface area contributed by atoms with Gasteiger partial charge in [-0.2, -0.15) is 0 Å². The van der Waals surface area contributed by atoms with Gasteiger partial charge in [0.15, 0.2) is 5.75 Å². The highest BCUT2D eigenvalue weighted by Gasteiger charge is 2.11. The quantitative estimate of drug-likeness (QED) is 0.178. The van der Waals surface area contributed by atoms with E-state index in [9.17, 15) is 5.11 Å². The molecular formula is C32H43OS. The molecule has 0 N–H and O–H groups in total. The van der Waals surface area contributed by atoms with Gasteiger partial charge in [-0.05, 0) is 35.9 Å². The molecule has 0 bridgehead atoms. The van der Waals surface area contributed by atoms with Gasteiger partial charge in [0.1, 0.15) is 0 Å².